The maximum Gasteiger partial charge on any atom is 0.319 e. The molecule has 0 N–H and O–H groups in total. The summed E-state index contributed by atoms with van der Waals surface area (Å²) in [6, 6.07) is 0. The molecule has 0 aromatic heterocycles. The number of rotatable bonds is 7. The van der Waals surface area contributed by atoms with Gasteiger partial charge >= 0.3 is 8.25 Å². The van der Waals surface area contributed by atoms with Gasteiger partial charge in [-0.2, -0.15) is 0 Å². The molecule has 0 aliphatic heterocycles. The maximum atomic E-state index is 11.0. The molecule has 0 rings (SSSR count). The molecule has 76 valence electrons. The molecule has 13 heavy (non-hydrogen) atoms. The van der Waals surface area contributed by atoms with Crippen LogP contribution in [0.15, 0.2) is 0 Å². The molecule has 0 spiro atoms. The van der Waals surface area contributed by atoms with Crippen molar-refractivity contribution in [2.24, 2.45) is 0 Å². The minimum atomic E-state index is -2.22. The summed E-state index contributed by atoms with van der Waals surface area (Å²) in [6.07, 6.45) is 3.23. The Balaban J connectivity index is 0. The van der Waals surface area contributed by atoms with Crippen LogP contribution in [0.25, 0.3) is 0 Å². The van der Waals surface area contributed by atoms with Crippen LogP contribution >= 0.6 is 8.25 Å². The third kappa shape index (κ3) is 12.8. The Kier molecular flexibility index (Phi) is 13.5. The van der Waals surface area contributed by atoms with Gasteiger partial charge < -0.3 is 9.05 Å². The topological polar surface area (TPSA) is 35.5 Å². The first-order valence-corrected chi connectivity index (χ1v) is 5.72. The normalized spacial score (nSPS) is 12.6. The molecule has 0 bridgehead atoms. The van der Waals surface area contributed by atoms with Crippen molar-refractivity contribution in [1.29, 1.82) is 0 Å². The fourth-order valence-corrected chi connectivity index (χ4v) is 1.50. The number of hydrogen-bond donors (Lipinski definition) is 0. The van der Waals surface area contributed by atoms with E-state index < -0.39 is 8.25 Å². The zero-order chi connectivity index (χ0) is 9.40. The average molecular weight is 260 g/mol. The molecule has 0 saturated carbocycles. The monoisotopic (exact) mass is 258 g/mol. The molecule has 0 aliphatic carbocycles. The molecule has 0 saturated heterocycles. The van der Waals surface area contributed by atoms with Crippen LogP contribution in [0, 0.1) is 0 Å². The van der Waals surface area contributed by atoms with E-state index in [0.717, 1.165) is 19.3 Å². The van der Waals surface area contributed by atoms with Gasteiger partial charge in [0.1, 0.15) is 0 Å². The van der Waals surface area contributed by atoms with Crippen molar-refractivity contribution in [1.82, 2.24) is 0 Å². The number of hydrogen-bond acceptors (Lipinski definition) is 3. The Morgan fingerprint density at radius 2 is 1.92 bits per heavy atom. The second-order valence-corrected chi connectivity index (χ2v) is 4.00. The van der Waals surface area contributed by atoms with Crippen LogP contribution in [0.2, 0.25) is 0 Å². The van der Waals surface area contributed by atoms with E-state index in [1.807, 2.05) is 13.8 Å². The molecule has 0 amide bonds. The molecular weight excluding hydrogens is 240 g/mol. The summed E-state index contributed by atoms with van der Waals surface area (Å²) in [5.41, 5.74) is 0. The van der Waals surface area contributed by atoms with Crippen LogP contribution in [0.1, 0.15) is 40.0 Å². The molecule has 3 nitrogen and oxygen atoms in total. The summed E-state index contributed by atoms with van der Waals surface area (Å²) in [5, 5.41) is 0. The quantitative estimate of drug-likeness (QED) is 0.400. The van der Waals surface area contributed by atoms with E-state index in [1.54, 1.807) is 0 Å². The molecule has 1 unspecified atom stereocenters. The van der Waals surface area contributed by atoms with Gasteiger partial charge in [0, 0.05) is 19.5 Å². The van der Waals surface area contributed by atoms with Crippen molar-refractivity contribution in [2.75, 3.05) is 6.61 Å². The van der Waals surface area contributed by atoms with Crippen LogP contribution in [0.4, 0.5) is 0 Å². The van der Waals surface area contributed by atoms with Gasteiger partial charge in [0.2, 0.25) is 0 Å². The van der Waals surface area contributed by atoms with Gasteiger partial charge in [-0.3, -0.25) is 4.57 Å². The Bertz CT molecular complexity index is 131. The van der Waals surface area contributed by atoms with Crippen molar-refractivity contribution in [2.45, 2.75) is 46.1 Å². The van der Waals surface area contributed by atoms with Crippen LogP contribution < -0.4 is 0 Å². The first-order chi connectivity index (χ1) is 5.66. The van der Waals surface area contributed by atoms with Crippen molar-refractivity contribution in [3.63, 3.8) is 0 Å². The maximum absolute atomic E-state index is 11.0. The molecular formula is C8H19O3PZn. The molecule has 0 aliphatic rings. The Labute approximate surface area is 94.3 Å². The molecule has 0 aromatic rings. The molecule has 5 heteroatoms. The first kappa shape index (κ1) is 16.2. The summed E-state index contributed by atoms with van der Waals surface area (Å²) < 4.78 is 20.9. The Morgan fingerprint density at radius 3 is 2.38 bits per heavy atom. The van der Waals surface area contributed by atoms with Gasteiger partial charge in [-0.1, -0.05) is 19.8 Å². The van der Waals surface area contributed by atoms with Crippen LogP contribution in [0.5, 0.6) is 0 Å². The van der Waals surface area contributed by atoms with E-state index >= 15 is 0 Å². The van der Waals surface area contributed by atoms with Gasteiger partial charge in [0.15, 0.2) is 0 Å². The van der Waals surface area contributed by atoms with E-state index in [2.05, 4.69) is 6.92 Å². The predicted octanol–water partition coefficient (Wildman–Crippen LogP) is 3.01. The first-order valence-electron chi connectivity index (χ1n) is 4.50. The third-order valence-corrected chi connectivity index (χ3v) is 2.40. The molecule has 0 radical (unpaired) electrons. The van der Waals surface area contributed by atoms with Gasteiger partial charge in [-0.25, -0.2) is 0 Å². The van der Waals surface area contributed by atoms with E-state index in [0.29, 0.717) is 6.61 Å². The van der Waals surface area contributed by atoms with Gasteiger partial charge in [-0.15, -0.1) is 0 Å². The largest absolute Gasteiger partial charge is 0.319 e. The molecule has 0 fully saturated rings. The molecule has 0 aromatic carbocycles. The Hall–Kier alpha value is 0.773. The summed E-state index contributed by atoms with van der Waals surface area (Å²) in [4.78, 5) is 0. The summed E-state index contributed by atoms with van der Waals surface area (Å²) in [5.74, 6) is 0. The van der Waals surface area contributed by atoms with E-state index in [1.165, 1.54) is 0 Å². The van der Waals surface area contributed by atoms with Crippen LogP contribution in [-0.2, 0) is 33.1 Å². The summed E-state index contributed by atoms with van der Waals surface area (Å²) in [7, 11) is -2.22. The zero-order valence-corrected chi connectivity index (χ0v) is 12.8. The second kappa shape index (κ2) is 10.9. The molecule has 1 atom stereocenters. The van der Waals surface area contributed by atoms with Gasteiger partial charge in [0.25, 0.3) is 0 Å². The van der Waals surface area contributed by atoms with Crippen molar-refractivity contribution in [3.05, 3.63) is 0 Å². The van der Waals surface area contributed by atoms with Crippen LogP contribution in [0.3, 0.4) is 0 Å². The molecule has 0 heterocycles. The number of unbranched alkanes of at least 4 members (excludes halogenated alkanes) is 2. The minimum absolute atomic E-state index is 0. The smallest absolute Gasteiger partial charge is 0.311 e. The standard InChI is InChI=1S/C8H19O3P.Zn/c1-4-5-6-7-10-12(9)11-8(2)3;/h8,12H,4-7H2,1-3H3;. The van der Waals surface area contributed by atoms with Gasteiger partial charge in [-0.05, 0) is 20.3 Å². The zero-order valence-electron chi connectivity index (χ0n) is 8.84. The minimum Gasteiger partial charge on any atom is -0.311 e. The summed E-state index contributed by atoms with van der Waals surface area (Å²) >= 11 is 0. The van der Waals surface area contributed by atoms with Crippen molar-refractivity contribution >= 4 is 8.25 Å². The van der Waals surface area contributed by atoms with Crippen molar-refractivity contribution < 1.29 is 33.1 Å². The fraction of sp³-hybridized carbons (Fsp3) is 1.00. The van der Waals surface area contributed by atoms with Crippen LogP contribution in [-0.4, -0.2) is 12.7 Å². The third-order valence-electron chi connectivity index (χ3n) is 1.30. The van der Waals surface area contributed by atoms with E-state index in [-0.39, 0.29) is 25.6 Å². The fourth-order valence-electron chi connectivity index (χ4n) is 0.734. The van der Waals surface area contributed by atoms with Crippen molar-refractivity contribution in [3.8, 4) is 0 Å². The van der Waals surface area contributed by atoms with E-state index in [9.17, 15) is 4.57 Å². The predicted molar refractivity (Wildman–Crippen MR) is 50.7 cm³/mol. The Morgan fingerprint density at radius 1 is 1.31 bits per heavy atom. The summed E-state index contributed by atoms with van der Waals surface area (Å²) in [6.45, 7) is 6.36. The van der Waals surface area contributed by atoms with Gasteiger partial charge in [0.05, 0.1) is 12.7 Å². The second-order valence-electron chi connectivity index (χ2n) is 2.97. The SMILES string of the molecule is CCCCCO[PH](=O)OC(C)C.[Zn]. The average Bonchev–Trinajstić information content (AvgIpc) is 1.97. The van der Waals surface area contributed by atoms with E-state index in [4.69, 9.17) is 9.05 Å².